The van der Waals surface area contributed by atoms with Crippen LogP contribution in [0.2, 0.25) is 0 Å². The number of hydrogen-bond acceptors (Lipinski definition) is 2. The zero-order valence-electron chi connectivity index (χ0n) is 10.1. The van der Waals surface area contributed by atoms with E-state index in [0.29, 0.717) is 0 Å². The van der Waals surface area contributed by atoms with Gasteiger partial charge in [0.15, 0.2) is 0 Å². The van der Waals surface area contributed by atoms with Crippen molar-refractivity contribution >= 4 is 12.6 Å². The fraction of sp³-hybridized carbons (Fsp3) is 0.455. The number of rotatable bonds is 2. The van der Waals surface area contributed by atoms with Gasteiger partial charge in [-0.15, -0.1) is 0 Å². The van der Waals surface area contributed by atoms with Gasteiger partial charge >= 0.3 is 7.12 Å². The van der Waals surface area contributed by atoms with Crippen LogP contribution in [-0.4, -0.2) is 17.2 Å². The highest BCUT2D eigenvalue weighted by molar-refractivity contribution is 6.58. The zero-order chi connectivity index (χ0) is 13.1. The van der Waals surface area contributed by atoms with Gasteiger partial charge in [0.2, 0.25) is 0 Å². The van der Waals surface area contributed by atoms with Crippen LogP contribution < -0.4 is 5.46 Å². The third-order valence-electron chi connectivity index (χ3n) is 1.49. The van der Waals surface area contributed by atoms with Crippen LogP contribution in [0.15, 0.2) is 24.3 Å². The average molecular weight is 232 g/mol. The van der Waals surface area contributed by atoms with Crippen molar-refractivity contribution < 1.29 is 18.8 Å². The van der Waals surface area contributed by atoms with Crippen LogP contribution in [0, 0.1) is 0 Å². The van der Waals surface area contributed by atoms with Crippen molar-refractivity contribution in [2.24, 2.45) is 0 Å². The van der Waals surface area contributed by atoms with E-state index in [-0.39, 0.29) is 11.0 Å². The van der Waals surface area contributed by atoms with Gasteiger partial charge in [-0.3, -0.25) is 0 Å². The second-order valence-electron chi connectivity index (χ2n) is 2.34. The van der Waals surface area contributed by atoms with Crippen molar-refractivity contribution in [1.82, 2.24) is 0 Å². The lowest BCUT2D eigenvalue weighted by atomic mass is 9.80. The number of benzene rings is 1. The molecule has 5 heteroatoms. The molecular weight excluding hydrogens is 213 g/mol. The lowest BCUT2D eigenvalue weighted by molar-refractivity contribution is 0.151. The summed E-state index contributed by atoms with van der Waals surface area (Å²) in [6.07, 6.45) is -2.52. The molecule has 0 aliphatic carbocycles. The summed E-state index contributed by atoms with van der Waals surface area (Å²) in [6, 6.07) is 4.84. The predicted octanol–water partition coefficient (Wildman–Crippen LogP) is 2.36. The monoisotopic (exact) mass is 232 g/mol. The summed E-state index contributed by atoms with van der Waals surface area (Å²) in [4.78, 5) is 0. The Kier molecular flexibility index (Phi) is 11.5. The van der Waals surface area contributed by atoms with Crippen LogP contribution in [0.1, 0.15) is 39.7 Å². The molecule has 0 spiro atoms. The maximum atomic E-state index is 12.0. The smallest absolute Gasteiger partial charge is 0.423 e. The second-order valence-corrected chi connectivity index (χ2v) is 2.34. The quantitative estimate of drug-likeness (QED) is 0.768. The van der Waals surface area contributed by atoms with E-state index in [1.807, 2.05) is 27.7 Å². The summed E-state index contributed by atoms with van der Waals surface area (Å²) in [5.41, 5.74) is 0.0822. The maximum Gasteiger partial charge on any atom is 0.488 e. The van der Waals surface area contributed by atoms with Crippen LogP contribution >= 0.6 is 0 Å². The molecule has 0 bridgehead atoms. The van der Waals surface area contributed by atoms with E-state index in [1.54, 1.807) is 0 Å². The van der Waals surface area contributed by atoms with Gasteiger partial charge < -0.3 is 10.0 Å². The van der Waals surface area contributed by atoms with E-state index in [0.717, 1.165) is 0 Å². The molecular formula is C11H19BF2O2. The van der Waals surface area contributed by atoms with E-state index >= 15 is 0 Å². The van der Waals surface area contributed by atoms with Crippen molar-refractivity contribution in [2.75, 3.05) is 0 Å². The van der Waals surface area contributed by atoms with Gasteiger partial charge in [0.05, 0.1) is 0 Å². The molecule has 16 heavy (non-hydrogen) atoms. The Bertz CT molecular complexity index is 224. The van der Waals surface area contributed by atoms with Crippen LogP contribution in [0.3, 0.4) is 0 Å². The number of alkyl halides is 2. The molecule has 0 saturated carbocycles. The minimum atomic E-state index is -2.52. The second kappa shape index (κ2) is 10.6. The first kappa shape index (κ1) is 17.5. The molecule has 0 aliphatic heterocycles. The molecule has 0 heterocycles. The molecule has 92 valence electrons. The van der Waals surface area contributed by atoms with Crippen molar-refractivity contribution in [2.45, 2.75) is 34.1 Å². The summed E-state index contributed by atoms with van der Waals surface area (Å²) in [6.45, 7) is 8.00. The Labute approximate surface area is 96.1 Å². The van der Waals surface area contributed by atoms with E-state index in [2.05, 4.69) is 0 Å². The van der Waals surface area contributed by atoms with Gasteiger partial charge in [-0.1, -0.05) is 52.0 Å². The third kappa shape index (κ3) is 6.53. The van der Waals surface area contributed by atoms with Crippen molar-refractivity contribution in [3.63, 3.8) is 0 Å². The molecule has 0 unspecified atom stereocenters. The Morgan fingerprint density at radius 3 is 1.56 bits per heavy atom. The third-order valence-corrected chi connectivity index (χ3v) is 1.49. The minimum Gasteiger partial charge on any atom is -0.423 e. The Morgan fingerprint density at radius 1 is 0.938 bits per heavy atom. The molecule has 0 amide bonds. The summed E-state index contributed by atoms with van der Waals surface area (Å²) < 4.78 is 23.9. The maximum absolute atomic E-state index is 12.0. The molecule has 2 N–H and O–H groups in total. The highest BCUT2D eigenvalue weighted by atomic mass is 19.3. The molecule has 0 radical (unpaired) electrons. The fourth-order valence-corrected chi connectivity index (χ4v) is 0.814. The summed E-state index contributed by atoms with van der Waals surface area (Å²) in [5, 5.41) is 17.2. The van der Waals surface area contributed by atoms with Gasteiger partial charge in [-0.2, -0.15) is 0 Å². The lowest BCUT2D eigenvalue weighted by Crippen LogP contribution is -2.29. The van der Waals surface area contributed by atoms with E-state index < -0.39 is 13.5 Å². The van der Waals surface area contributed by atoms with E-state index in [1.165, 1.54) is 24.3 Å². The van der Waals surface area contributed by atoms with Gasteiger partial charge in [-0.25, -0.2) is 8.78 Å². The van der Waals surface area contributed by atoms with E-state index in [4.69, 9.17) is 10.0 Å². The largest absolute Gasteiger partial charge is 0.488 e. The average Bonchev–Trinajstić information content (AvgIpc) is 2.34. The molecule has 0 fully saturated rings. The zero-order valence-corrected chi connectivity index (χ0v) is 10.1. The topological polar surface area (TPSA) is 40.5 Å². The van der Waals surface area contributed by atoms with Gasteiger partial charge in [-0.05, 0) is 5.46 Å². The molecule has 1 aromatic rings. The first-order valence-corrected chi connectivity index (χ1v) is 5.35. The Balaban J connectivity index is 0. The highest BCUT2D eigenvalue weighted by Gasteiger charge is 2.12. The first-order chi connectivity index (χ1) is 7.61. The molecule has 0 atom stereocenters. The SMILES string of the molecule is CC.CC.OB(O)c1ccc(C(F)F)cc1. The standard InChI is InChI=1S/C7H7BF2O2.2C2H6/c9-7(10)5-1-3-6(4-2-5)8(11)12;2*1-2/h1-4,7,11-12H;2*1-2H3. The summed E-state index contributed by atoms with van der Waals surface area (Å²) in [5.74, 6) is 0. The molecule has 1 rings (SSSR count). The van der Waals surface area contributed by atoms with E-state index in [9.17, 15) is 8.78 Å². The van der Waals surface area contributed by atoms with Crippen molar-refractivity contribution in [3.8, 4) is 0 Å². The van der Waals surface area contributed by atoms with Crippen molar-refractivity contribution in [3.05, 3.63) is 29.8 Å². The Hall–Kier alpha value is -0.935. The van der Waals surface area contributed by atoms with Crippen LogP contribution in [0.25, 0.3) is 0 Å². The van der Waals surface area contributed by atoms with Crippen LogP contribution in [0.4, 0.5) is 8.78 Å². The minimum absolute atomic E-state index is 0.126. The van der Waals surface area contributed by atoms with Gasteiger partial charge in [0.25, 0.3) is 6.43 Å². The highest BCUT2D eigenvalue weighted by Crippen LogP contribution is 2.16. The lowest BCUT2D eigenvalue weighted by Gasteiger charge is -2.01. The summed E-state index contributed by atoms with van der Waals surface area (Å²) >= 11 is 0. The molecule has 0 saturated heterocycles. The summed E-state index contributed by atoms with van der Waals surface area (Å²) in [7, 11) is -1.60. The fourth-order valence-electron chi connectivity index (χ4n) is 0.814. The van der Waals surface area contributed by atoms with Gasteiger partial charge in [0.1, 0.15) is 0 Å². The predicted molar refractivity (Wildman–Crippen MR) is 63.9 cm³/mol. The normalized spacial score (nSPS) is 8.56. The number of hydrogen-bond donors (Lipinski definition) is 2. The van der Waals surface area contributed by atoms with Crippen molar-refractivity contribution in [1.29, 1.82) is 0 Å². The molecule has 1 aromatic carbocycles. The molecule has 2 nitrogen and oxygen atoms in total. The van der Waals surface area contributed by atoms with Gasteiger partial charge in [0, 0.05) is 5.56 Å². The Morgan fingerprint density at radius 2 is 1.31 bits per heavy atom. The van der Waals surface area contributed by atoms with Crippen LogP contribution in [-0.2, 0) is 0 Å². The number of halogens is 2. The molecule has 0 aromatic heterocycles. The first-order valence-electron chi connectivity index (χ1n) is 5.35. The van der Waals surface area contributed by atoms with Crippen LogP contribution in [0.5, 0.6) is 0 Å². The molecule has 0 aliphatic rings.